The van der Waals surface area contributed by atoms with Gasteiger partial charge in [0.15, 0.2) is 0 Å². The average molecular weight is 321 g/mol. The Morgan fingerprint density at radius 3 is 2.53 bits per heavy atom. The molecule has 0 bridgehead atoms. The molecule has 19 heavy (non-hydrogen) atoms. The van der Waals surface area contributed by atoms with Gasteiger partial charge in [-0.1, -0.05) is 34.1 Å². The third-order valence-corrected chi connectivity index (χ3v) is 3.69. The lowest BCUT2D eigenvalue weighted by Gasteiger charge is -2.15. The van der Waals surface area contributed by atoms with Crippen molar-refractivity contribution >= 4 is 15.9 Å². The Morgan fingerprint density at radius 1 is 1.11 bits per heavy atom. The van der Waals surface area contributed by atoms with Crippen LogP contribution in [-0.4, -0.2) is 5.11 Å². The van der Waals surface area contributed by atoms with Crippen LogP contribution >= 0.6 is 15.9 Å². The van der Waals surface area contributed by atoms with E-state index in [0.717, 1.165) is 21.3 Å². The number of ether oxygens (including phenoxy) is 1. The van der Waals surface area contributed by atoms with Crippen molar-refractivity contribution in [3.8, 4) is 11.5 Å². The summed E-state index contributed by atoms with van der Waals surface area (Å²) in [4.78, 5) is 0. The molecule has 100 valence electrons. The summed E-state index contributed by atoms with van der Waals surface area (Å²) in [6.45, 7) is 5.82. The van der Waals surface area contributed by atoms with E-state index in [1.165, 1.54) is 5.56 Å². The smallest absolute Gasteiger partial charge is 0.134 e. The van der Waals surface area contributed by atoms with Crippen molar-refractivity contribution in [1.29, 1.82) is 0 Å². The summed E-state index contributed by atoms with van der Waals surface area (Å²) in [7, 11) is 0. The molecule has 0 radical (unpaired) electrons. The van der Waals surface area contributed by atoms with Crippen LogP contribution in [0.1, 0.15) is 29.7 Å². The monoisotopic (exact) mass is 320 g/mol. The molecule has 0 saturated heterocycles. The molecule has 0 heterocycles. The highest BCUT2D eigenvalue weighted by Gasteiger charge is 2.12. The summed E-state index contributed by atoms with van der Waals surface area (Å²) in [6, 6.07) is 11.6. The first-order chi connectivity index (χ1) is 8.99. The molecule has 1 atom stereocenters. The highest BCUT2D eigenvalue weighted by Crippen LogP contribution is 2.34. The maximum Gasteiger partial charge on any atom is 0.134 e. The van der Waals surface area contributed by atoms with E-state index in [4.69, 9.17) is 4.74 Å². The van der Waals surface area contributed by atoms with Crippen LogP contribution in [-0.2, 0) is 0 Å². The predicted molar refractivity (Wildman–Crippen MR) is 80.8 cm³/mol. The SMILES string of the molecule is Cc1cccc(Oc2cc(Br)ccc2C(C)O)c1C. The lowest BCUT2D eigenvalue weighted by Crippen LogP contribution is -1.97. The zero-order valence-electron chi connectivity index (χ0n) is 11.3. The third kappa shape index (κ3) is 3.17. The van der Waals surface area contributed by atoms with E-state index in [-0.39, 0.29) is 0 Å². The average Bonchev–Trinajstić information content (AvgIpc) is 2.35. The van der Waals surface area contributed by atoms with Gasteiger partial charge in [-0.05, 0) is 50.1 Å². The maximum atomic E-state index is 9.80. The van der Waals surface area contributed by atoms with Crippen LogP contribution in [0.4, 0.5) is 0 Å². The first kappa shape index (κ1) is 14.1. The van der Waals surface area contributed by atoms with Crippen molar-refractivity contribution in [3.63, 3.8) is 0 Å². The molecule has 2 aromatic rings. The van der Waals surface area contributed by atoms with E-state index in [2.05, 4.69) is 28.9 Å². The number of hydrogen-bond donors (Lipinski definition) is 1. The zero-order chi connectivity index (χ0) is 14.0. The molecule has 0 aliphatic rings. The number of rotatable bonds is 3. The Hall–Kier alpha value is -1.32. The van der Waals surface area contributed by atoms with E-state index in [1.54, 1.807) is 6.92 Å². The van der Waals surface area contributed by atoms with Crippen LogP contribution in [0.2, 0.25) is 0 Å². The summed E-state index contributed by atoms with van der Waals surface area (Å²) in [6.07, 6.45) is -0.562. The van der Waals surface area contributed by atoms with Gasteiger partial charge >= 0.3 is 0 Å². The van der Waals surface area contributed by atoms with Gasteiger partial charge in [0.1, 0.15) is 11.5 Å². The second kappa shape index (κ2) is 5.76. The van der Waals surface area contributed by atoms with Crippen molar-refractivity contribution in [1.82, 2.24) is 0 Å². The fourth-order valence-electron chi connectivity index (χ4n) is 1.89. The van der Waals surface area contributed by atoms with Crippen LogP contribution in [0, 0.1) is 13.8 Å². The standard InChI is InChI=1S/C16H17BrO2/c1-10-5-4-6-15(11(10)2)19-16-9-13(17)7-8-14(16)12(3)18/h4-9,12,18H,1-3H3. The van der Waals surface area contributed by atoms with Gasteiger partial charge in [-0.15, -0.1) is 0 Å². The summed E-state index contributed by atoms with van der Waals surface area (Å²) in [5, 5.41) is 9.80. The van der Waals surface area contributed by atoms with Crippen LogP contribution < -0.4 is 4.74 Å². The minimum absolute atomic E-state index is 0.562. The number of aliphatic hydroxyl groups excluding tert-OH is 1. The van der Waals surface area contributed by atoms with Gasteiger partial charge < -0.3 is 9.84 Å². The minimum Gasteiger partial charge on any atom is -0.457 e. The molecule has 0 aliphatic carbocycles. The van der Waals surface area contributed by atoms with Crippen LogP contribution in [0.25, 0.3) is 0 Å². The fraction of sp³-hybridized carbons (Fsp3) is 0.250. The number of hydrogen-bond acceptors (Lipinski definition) is 2. The van der Waals surface area contributed by atoms with E-state index in [0.29, 0.717) is 5.75 Å². The Balaban J connectivity index is 2.42. The maximum absolute atomic E-state index is 9.80. The lowest BCUT2D eigenvalue weighted by atomic mass is 10.1. The Morgan fingerprint density at radius 2 is 1.84 bits per heavy atom. The topological polar surface area (TPSA) is 29.5 Å². The molecule has 2 nitrogen and oxygen atoms in total. The molecule has 0 spiro atoms. The summed E-state index contributed by atoms with van der Waals surface area (Å²) < 4.78 is 6.90. The Bertz CT molecular complexity index is 591. The van der Waals surface area contributed by atoms with Gasteiger partial charge in [0.05, 0.1) is 6.10 Å². The molecule has 2 aromatic carbocycles. The molecule has 0 aliphatic heterocycles. The molecule has 0 aromatic heterocycles. The van der Waals surface area contributed by atoms with Gasteiger partial charge in [-0.3, -0.25) is 0 Å². The van der Waals surface area contributed by atoms with Gasteiger partial charge in [-0.25, -0.2) is 0 Å². The van der Waals surface area contributed by atoms with Crippen LogP contribution in [0.15, 0.2) is 40.9 Å². The molecule has 2 rings (SSSR count). The van der Waals surface area contributed by atoms with Gasteiger partial charge in [0, 0.05) is 10.0 Å². The van der Waals surface area contributed by atoms with Gasteiger partial charge in [0.25, 0.3) is 0 Å². The molecular weight excluding hydrogens is 304 g/mol. The molecule has 0 fully saturated rings. The number of benzene rings is 2. The number of halogens is 1. The quantitative estimate of drug-likeness (QED) is 0.870. The molecule has 1 unspecified atom stereocenters. The normalized spacial score (nSPS) is 12.3. The zero-order valence-corrected chi connectivity index (χ0v) is 12.9. The van der Waals surface area contributed by atoms with E-state index < -0.39 is 6.10 Å². The molecule has 3 heteroatoms. The van der Waals surface area contributed by atoms with Gasteiger partial charge in [-0.2, -0.15) is 0 Å². The van der Waals surface area contributed by atoms with Crippen molar-refractivity contribution in [2.75, 3.05) is 0 Å². The minimum atomic E-state index is -0.562. The highest BCUT2D eigenvalue weighted by atomic mass is 79.9. The van der Waals surface area contributed by atoms with Crippen molar-refractivity contribution in [2.24, 2.45) is 0 Å². The molecule has 0 amide bonds. The van der Waals surface area contributed by atoms with Crippen LogP contribution in [0.3, 0.4) is 0 Å². The lowest BCUT2D eigenvalue weighted by molar-refractivity contribution is 0.195. The molecular formula is C16H17BrO2. The molecule has 0 saturated carbocycles. The second-order valence-corrected chi connectivity index (χ2v) is 5.57. The van der Waals surface area contributed by atoms with Crippen molar-refractivity contribution in [3.05, 3.63) is 57.6 Å². The first-order valence-electron chi connectivity index (χ1n) is 6.20. The van der Waals surface area contributed by atoms with E-state index >= 15 is 0 Å². The Labute approximate surface area is 122 Å². The summed E-state index contributed by atoms with van der Waals surface area (Å²) in [5.74, 6) is 1.50. The largest absolute Gasteiger partial charge is 0.457 e. The van der Waals surface area contributed by atoms with E-state index in [9.17, 15) is 5.11 Å². The van der Waals surface area contributed by atoms with Gasteiger partial charge in [0.2, 0.25) is 0 Å². The highest BCUT2D eigenvalue weighted by molar-refractivity contribution is 9.10. The summed E-state index contributed by atoms with van der Waals surface area (Å²) >= 11 is 3.43. The second-order valence-electron chi connectivity index (χ2n) is 4.66. The van der Waals surface area contributed by atoms with E-state index in [1.807, 2.05) is 37.3 Å². The van der Waals surface area contributed by atoms with Crippen molar-refractivity contribution < 1.29 is 9.84 Å². The Kier molecular flexibility index (Phi) is 4.27. The number of aliphatic hydroxyl groups is 1. The third-order valence-electron chi connectivity index (χ3n) is 3.20. The van der Waals surface area contributed by atoms with Crippen LogP contribution in [0.5, 0.6) is 11.5 Å². The predicted octanol–water partition coefficient (Wildman–Crippen LogP) is 4.91. The fourth-order valence-corrected chi connectivity index (χ4v) is 2.24. The first-order valence-corrected chi connectivity index (χ1v) is 7.00. The summed E-state index contributed by atoms with van der Waals surface area (Å²) in [5.41, 5.74) is 3.08. The number of aryl methyl sites for hydroxylation is 1. The molecule has 1 N–H and O–H groups in total. The van der Waals surface area contributed by atoms with Crippen molar-refractivity contribution in [2.45, 2.75) is 26.9 Å².